The monoisotopic (exact) mass is 399 g/mol. The second-order valence-corrected chi connectivity index (χ2v) is 8.53. The Morgan fingerprint density at radius 3 is 2.46 bits per heavy atom. The van der Waals surface area contributed by atoms with Gasteiger partial charge in [-0.05, 0) is 12.1 Å². The minimum atomic E-state index is -0.346. The fourth-order valence-electron chi connectivity index (χ4n) is 4.26. The summed E-state index contributed by atoms with van der Waals surface area (Å²) in [4.78, 5) is 20.5. The number of hydrogen-bond donors (Lipinski definition) is 2. The van der Waals surface area contributed by atoms with Crippen LogP contribution in [0.3, 0.4) is 0 Å². The van der Waals surface area contributed by atoms with Crippen molar-refractivity contribution in [3.63, 3.8) is 0 Å². The molecule has 1 aromatic heterocycles. The Kier molecular flexibility index (Phi) is 4.94. The van der Waals surface area contributed by atoms with Gasteiger partial charge in [0.25, 0.3) is 5.91 Å². The standard InChI is InChI=1S/C20H22ClN5O2/c1-19(2)17(26-16(27)14-9-25-15(23)10-24-14)20(3,4)18(19)28-12-6-5-11(8-22)13(21)7-12/h5-7,9-10,17-18H,1-4H3,(H2,23,25)(H,26,27). The number of nitrogens with zero attached hydrogens (tertiary/aromatic N) is 3. The Balaban J connectivity index is 1.76. The maximum absolute atomic E-state index is 12.6. The Morgan fingerprint density at radius 2 is 1.93 bits per heavy atom. The van der Waals surface area contributed by atoms with Crippen LogP contribution in [0.5, 0.6) is 5.75 Å². The van der Waals surface area contributed by atoms with Gasteiger partial charge in [0, 0.05) is 22.9 Å². The minimum absolute atomic E-state index is 0.147. The first-order valence-corrected chi connectivity index (χ1v) is 9.20. The normalized spacial score (nSPS) is 21.9. The molecule has 2 aromatic rings. The van der Waals surface area contributed by atoms with E-state index < -0.39 is 0 Å². The van der Waals surface area contributed by atoms with Crippen LogP contribution < -0.4 is 15.8 Å². The molecular weight excluding hydrogens is 378 g/mol. The molecule has 28 heavy (non-hydrogen) atoms. The molecule has 1 amide bonds. The highest BCUT2D eigenvalue weighted by molar-refractivity contribution is 6.31. The lowest BCUT2D eigenvalue weighted by molar-refractivity contribution is -0.164. The number of nitriles is 1. The van der Waals surface area contributed by atoms with Crippen molar-refractivity contribution in [3.8, 4) is 11.8 Å². The van der Waals surface area contributed by atoms with E-state index in [1.54, 1.807) is 18.2 Å². The molecule has 0 radical (unpaired) electrons. The first kappa shape index (κ1) is 19.9. The zero-order valence-corrected chi connectivity index (χ0v) is 16.9. The van der Waals surface area contributed by atoms with Crippen molar-refractivity contribution in [2.45, 2.75) is 39.8 Å². The van der Waals surface area contributed by atoms with Crippen molar-refractivity contribution in [3.05, 3.63) is 46.9 Å². The van der Waals surface area contributed by atoms with Gasteiger partial charge >= 0.3 is 0 Å². The lowest BCUT2D eigenvalue weighted by atomic mass is 9.49. The molecule has 1 aromatic carbocycles. The summed E-state index contributed by atoms with van der Waals surface area (Å²) in [5, 5.41) is 12.4. The highest BCUT2D eigenvalue weighted by Crippen LogP contribution is 2.55. The van der Waals surface area contributed by atoms with Crippen molar-refractivity contribution in [1.29, 1.82) is 5.26 Å². The third kappa shape index (κ3) is 3.36. The zero-order valence-electron chi connectivity index (χ0n) is 16.2. The predicted molar refractivity (Wildman–Crippen MR) is 106 cm³/mol. The van der Waals surface area contributed by atoms with E-state index in [2.05, 4.69) is 15.3 Å². The van der Waals surface area contributed by atoms with Gasteiger partial charge in [-0.25, -0.2) is 9.97 Å². The number of ether oxygens (including phenoxy) is 1. The maximum Gasteiger partial charge on any atom is 0.271 e. The highest BCUT2D eigenvalue weighted by Gasteiger charge is 2.64. The second kappa shape index (κ2) is 6.95. The minimum Gasteiger partial charge on any atom is -0.489 e. The molecule has 1 aliphatic rings. The first-order valence-electron chi connectivity index (χ1n) is 8.82. The Morgan fingerprint density at radius 1 is 1.25 bits per heavy atom. The van der Waals surface area contributed by atoms with Gasteiger partial charge in [0.2, 0.25) is 0 Å². The maximum atomic E-state index is 12.6. The van der Waals surface area contributed by atoms with Crippen LogP contribution in [0.2, 0.25) is 5.02 Å². The lowest BCUT2D eigenvalue weighted by Crippen LogP contribution is -2.74. The van der Waals surface area contributed by atoms with E-state index in [1.807, 2.05) is 33.8 Å². The topological polar surface area (TPSA) is 114 Å². The molecule has 1 heterocycles. The quantitative estimate of drug-likeness (QED) is 0.815. The molecule has 0 aliphatic heterocycles. The molecular formula is C20H22ClN5O2. The van der Waals surface area contributed by atoms with Crippen LogP contribution in [0.1, 0.15) is 43.7 Å². The number of nitrogens with two attached hydrogens (primary N) is 1. The number of anilines is 1. The average Bonchev–Trinajstić information content (AvgIpc) is 2.64. The Labute approximate surface area is 168 Å². The van der Waals surface area contributed by atoms with E-state index in [-0.39, 0.29) is 40.4 Å². The predicted octanol–water partition coefficient (Wildman–Crippen LogP) is 3.20. The Hall–Kier alpha value is -2.85. The summed E-state index contributed by atoms with van der Waals surface area (Å²) < 4.78 is 6.20. The highest BCUT2D eigenvalue weighted by atomic mass is 35.5. The third-order valence-electron chi connectivity index (χ3n) is 5.33. The van der Waals surface area contributed by atoms with Gasteiger partial charge in [0.1, 0.15) is 29.4 Å². The molecule has 0 unspecified atom stereocenters. The number of halogens is 1. The first-order chi connectivity index (χ1) is 13.1. The number of aromatic nitrogens is 2. The number of benzene rings is 1. The van der Waals surface area contributed by atoms with E-state index >= 15 is 0 Å². The summed E-state index contributed by atoms with van der Waals surface area (Å²) in [5.74, 6) is 0.540. The number of carbonyl (C=O) groups excluding carboxylic acids is 1. The number of carbonyl (C=O) groups is 1. The number of hydrogen-bond acceptors (Lipinski definition) is 6. The van der Waals surface area contributed by atoms with Gasteiger partial charge in [-0.1, -0.05) is 39.3 Å². The molecule has 3 N–H and O–H groups in total. The van der Waals surface area contributed by atoms with E-state index in [4.69, 9.17) is 27.3 Å². The molecule has 0 atom stereocenters. The molecule has 0 bridgehead atoms. The van der Waals surface area contributed by atoms with Crippen LogP contribution in [0.4, 0.5) is 5.82 Å². The largest absolute Gasteiger partial charge is 0.489 e. The third-order valence-corrected chi connectivity index (χ3v) is 5.65. The summed E-state index contributed by atoms with van der Waals surface area (Å²) in [6.07, 6.45) is 2.54. The summed E-state index contributed by atoms with van der Waals surface area (Å²) in [6.45, 7) is 8.14. The van der Waals surface area contributed by atoms with Crippen LogP contribution >= 0.6 is 11.6 Å². The molecule has 1 saturated carbocycles. The zero-order chi connectivity index (χ0) is 20.7. The van der Waals surface area contributed by atoms with Crippen LogP contribution in [0.15, 0.2) is 30.6 Å². The van der Waals surface area contributed by atoms with E-state index in [0.29, 0.717) is 16.3 Å². The molecule has 0 spiro atoms. The second-order valence-electron chi connectivity index (χ2n) is 8.13. The number of nitrogen functional groups attached to an aromatic ring is 1. The van der Waals surface area contributed by atoms with Crippen LogP contribution in [0, 0.1) is 22.2 Å². The van der Waals surface area contributed by atoms with Gasteiger partial charge in [-0.15, -0.1) is 0 Å². The van der Waals surface area contributed by atoms with E-state index in [1.165, 1.54) is 12.4 Å². The molecule has 146 valence electrons. The van der Waals surface area contributed by atoms with Gasteiger partial charge in [-0.2, -0.15) is 5.26 Å². The molecule has 3 rings (SSSR count). The fourth-order valence-corrected chi connectivity index (χ4v) is 4.47. The van der Waals surface area contributed by atoms with Crippen LogP contribution in [0.25, 0.3) is 0 Å². The SMILES string of the molecule is CC1(C)C(NC(=O)c2cnc(N)cn2)C(C)(C)C1Oc1ccc(C#N)c(Cl)c1. The smallest absolute Gasteiger partial charge is 0.271 e. The van der Waals surface area contributed by atoms with E-state index in [9.17, 15) is 4.79 Å². The van der Waals surface area contributed by atoms with Gasteiger partial charge in [-0.3, -0.25) is 4.79 Å². The van der Waals surface area contributed by atoms with Gasteiger partial charge in [0.15, 0.2) is 0 Å². The van der Waals surface area contributed by atoms with Crippen molar-refractivity contribution in [2.75, 3.05) is 5.73 Å². The number of amides is 1. The van der Waals surface area contributed by atoms with Gasteiger partial charge in [0.05, 0.1) is 23.0 Å². The Bertz CT molecular complexity index is 934. The summed E-state index contributed by atoms with van der Waals surface area (Å²) in [6, 6.07) is 6.89. The molecule has 1 fully saturated rings. The number of nitrogens with one attached hydrogen (secondary N) is 1. The van der Waals surface area contributed by atoms with Crippen molar-refractivity contribution in [2.24, 2.45) is 10.8 Å². The van der Waals surface area contributed by atoms with Crippen LogP contribution in [-0.2, 0) is 0 Å². The lowest BCUT2D eigenvalue weighted by Gasteiger charge is -2.63. The summed E-state index contributed by atoms with van der Waals surface area (Å²) >= 11 is 6.11. The molecule has 1 aliphatic carbocycles. The van der Waals surface area contributed by atoms with Crippen molar-refractivity contribution in [1.82, 2.24) is 15.3 Å². The van der Waals surface area contributed by atoms with Crippen molar-refractivity contribution < 1.29 is 9.53 Å². The molecule has 0 saturated heterocycles. The molecule has 7 nitrogen and oxygen atoms in total. The fraction of sp³-hybridized carbons (Fsp3) is 0.400. The number of rotatable bonds is 4. The summed E-state index contributed by atoms with van der Waals surface area (Å²) in [7, 11) is 0. The average molecular weight is 400 g/mol. The van der Waals surface area contributed by atoms with Gasteiger partial charge < -0.3 is 15.8 Å². The van der Waals surface area contributed by atoms with E-state index in [0.717, 1.165) is 0 Å². The van der Waals surface area contributed by atoms with Crippen molar-refractivity contribution >= 4 is 23.3 Å². The van der Waals surface area contributed by atoms with Crippen LogP contribution in [-0.4, -0.2) is 28.0 Å². The molecule has 8 heteroatoms. The summed E-state index contributed by atoms with van der Waals surface area (Å²) in [5.41, 5.74) is 5.44.